The van der Waals surface area contributed by atoms with Crippen LogP contribution < -0.4 is 5.32 Å². The van der Waals surface area contributed by atoms with Gasteiger partial charge in [-0.15, -0.1) is 5.10 Å². The largest absolute Gasteiger partial charge is 0.384 e. The van der Waals surface area contributed by atoms with Gasteiger partial charge in [-0.3, -0.25) is 4.79 Å². The lowest BCUT2D eigenvalue weighted by molar-refractivity contribution is -0.124. The van der Waals surface area contributed by atoms with Crippen molar-refractivity contribution in [3.8, 4) is 0 Å². The second kappa shape index (κ2) is 5.83. The number of hydrogen-bond donors (Lipinski definition) is 2. The molecule has 132 valence electrons. The maximum Gasteiger partial charge on any atom is 0.223 e. The first kappa shape index (κ1) is 16.1. The van der Waals surface area contributed by atoms with Gasteiger partial charge in [-0.2, -0.15) is 0 Å². The van der Waals surface area contributed by atoms with E-state index in [4.69, 9.17) is 0 Å². The van der Waals surface area contributed by atoms with Gasteiger partial charge in [0.1, 0.15) is 11.3 Å². The first-order valence-electron chi connectivity index (χ1n) is 9.38. The number of nitrogens with zero attached hydrogens (tertiary/aromatic N) is 3. The van der Waals surface area contributed by atoms with E-state index in [1.54, 1.807) is 13.8 Å². The van der Waals surface area contributed by atoms with Crippen molar-refractivity contribution in [1.29, 1.82) is 0 Å². The third-order valence-corrected chi connectivity index (χ3v) is 5.94. The number of rotatable bonds is 5. The zero-order valence-corrected chi connectivity index (χ0v) is 14.6. The predicted octanol–water partition coefficient (Wildman–Crippen LogP) is 2.15. The fourth-order valence-corrected chi connectivity index (χ4v) is 4.17. The summed E-state index contributed by atoms with van der Waals surface area (Å²) in [7, 11) is 0. The molecule has 1 amide bonds. The summed E-state index contributed by atoms with van der Waals surface area (Å²) >= 11 is 0. The highest BCUT2D eigenvalue weighted by Gasteiger charge is 2.51. The molecule has 3 aliphatic carbocycles. The van der Waals surface area contributed by atoms with Crippen molar-refractivity contribution in [3.63, 3.8) is 0 Å². The van der Waals surface area contributed by atoms with Crippen molar-refractivity contribution in [1.82, 2.24) is 20.3 Å². The average molecular weight is 332 g/mol. The fraction of sp³-hybridized carbons (Fsp3) is 0.833. The van der Waals surface area contributed by atoms with E-state index in [9.17, 15) is 9.90 Å². The molecule has 0 radical (unpaired) electrons. The van der Waals surface area contributed by atoms with Crippen molar-refractivity contribution in [2.75, 3.05) is 0 Å². The molecule has 24 heavy (non-hydrogen) atoms. The van der Waals surface area contributed by atoms with Gasteiger partial charge in [0.15, 0.2) is 0 Å². The van der Waals surface area contributed by atoms with E-state index in [2.05, 4.69) is 15.6 Å². The van der Waals surface area contributed by atoms with Gasteiger partial charge in [0, 0.05) is 5.92 Å². The van der Waals surface area contributed by atoms with E-state index in [0.717, 1.165) is 38.0 Å². The molecule has 0 saturated heterocycles. The Bertz CT molecular complexity index is 617. The summed E-state index contributed by atoms with van der Waals surface area (Å²) in [5, 5.41) is 21.7. The molecular formula is C18H28N4O2. The number of amides is 1. The molecule has 6 nitrogen and oxygen atoms in total. The van der Waals surface area contributed by atoms with E-state index >= 15 is 0 Å². The van der Waals surface area contributed by atoms with E-state index in [1.807, 2.05) is 10.9 Å². The highest BCUT2D eigenvalue weighted by atomic mass is 16.3. The molecule has 3 fully saturated rings. The van der Waals surface area contributed by atoms with Crippen molar-refractivity contribution >= 4 is 5.91 Å². The van der Waals surface area contributed by atoms with Crippen LogP contribution in [0.3, 0.4) is 0 Å². The summed E-state index contributed by atoms with van der Waals surface area (Å²) in [6.07, 6.45) is 9.83. The maximum atomic E-state index is 12.6. The van der Waals surface area contributed by atoms with Gasteiger partial charge in [0.2, 0.25) is 5.91 Å². The second-order valence-corrected chi connectivity index (χ2v) is 8.45. The maximum absolute atomic E-state index is 12.6. The van der Waals surface area contributed by atoms with Gasteiger partial charge < -0.3 is 10.4 Å². The Hall–Kier alpha value is -1.43. The molecule has 6 heteroatoms. The lowest BCUT2D eigenvalue weighted by Crippen LogP contribution is -2.44. The second-order valence-electron chi connectivity index (χ2n) is 8.45. The molecule has 0 bridgehead atoms. The Morgan fingerprint density at radius 1 is 1.29 bits per heavy atom. The summed E-state index contributed by atoms with van der Waals surface area (Å²) in [6.45, 7) is 3.43. The van der Waals surface area contributed by atoms with Crippen LogP contribution in [0.25, 0.3) is 0 Å². The lowest BCUT2D eigenvalue weighted by Gasteiger charge is -2.32. The van der Waals surface area contributed by atoms with Crippen molar-refractivity contribution < 1.29 is 9.90 Å². The van der Waals surface area contributed by atoms with Gasteiger partial charge >= 0.3 is 0 Å². The lowest BCUT2D eigenvalue weighted by atomic mass is 9.90. The zero-order chi connectivity index (χ0) is 16.9. The van der Waals surface area contributed by atoms with Crippen LogP contribution in [-0.2, 0) is 10.4 Å². The molecule has 0 spiro atoms. The third kappa shape index (κ3) is 3.21. The minimum Gasteiger partial charge on any atom is -0.384 e. The van der Waals surface area contributed by atoms with E-state index in [0.29, 0.717) is 11.6 Å². The monoisotopic (exact) mass is 332 g/mol. The Balaban J connectivity index is 1.43. The first-order valence-corrected chi connectivity index (χ1v) is 9.38. The summed E-state index contributed by atoms with van der Waals surface area (Å²) in [6, 6.07) is 0.271. The summed E-state index contributed by atoms with van der Waals surface area (Å²) in [5.41, 5.74) is -0.411. The van der Waals surface area contributed by atoms with Gasteiger partial charge in [0.05, 0.1) is 18.3 Å². The highest BCUT2D eigenvalue weighted by Crippen LogP contribution is 2.54. The minimum atomic E-state index is -0.989. The number of carbonyl (C=O) groups excluding carboxylic acids is 1. The van der Waals surface area contributed by atoms with Crippen molar-refractivity contribution in [2.45, 2.75) is 76.5 Å². The normalized spacial score (nSPS) is 33.3. The summed E-state index contributed by atoms with van der Waals surface area (Å²) in [4.78, 5) is 12.6. The molecule has 4 rings (SSSR count). The molecule has 3 saturated carbocycles. The molecule has 0 aromatic carbocycles. The number of carbonyl (C=O) groups is 1. The minimum absolute atomic E-state index is 0.128. The van der Waals surface area contributed by atoms with Crippen molar-refractivity contribution in [2.24, 2.45) is 17.8 Å². The zero-order valence-electron chi connectivity index (χ0n) is 14.6. The molecule has 0 aliphatic heterocycles. The first-order chi connectivity index (χ1) is 11.4. The fourth-order valence-electron chi connectivity index (χ4n) is 4.17. The van der Waals surface area contributed by atoms with Crippen molar-refractivity contribution in [3.05, 3.63) is 11.9 Å². The molecule has 2 N–H and O–H groups in total. The van der Waals surface area contributed by atoms with Crippen LogP contribution in [0.15, 0.2) is 6.20 Å². The smallest absolute Gasteiger partial charge is 0.223 e. The number of nitrogens with one attached hydrogen (secondary N) is 1. The molecule has 4 atom stereocenters. The van der Waals surface area contributed by atoms with Crippen LogP contribution in [0.1, 0.15) is 70.5 Å². The van der Waals surface area contributed by atoms with Crippen LogP contribution in [0.2, 0.25) is 0 Å². The molecule has 1 heterocycles. The van der Waals surface area contributed by atoms with Crippen LogP contribution >= 0.6 is 0 Å². The standard InChI is InChI=1S/C18H28N4O2/c1-18(2,24)16-10-22(21-20-16)15-6-4-3-5-14(15)19-17(23)13-9-12(13)11-7-8-11/h10-15,24H,3-9H2,1-2H3,(H,19,23)/t12-,13-,14-,15+/m0/s1. The molecule has 0 unspecified atom stereocenters. The van der Waals surface area contributed by atoms with E-state index < -0.39 is 5.60 Å². The Morgan fingerprint density at radius 3 is 2.71 bits per heavy atom. The van der Waals surface area contributed by atoms with Gasteiger partial charge in [-0.25, -0.2) is 4.68 Å². The predicted molar refractivity (Wildman–Crippen MR) is 89.0 cm³/mol. The summed E-state index contributed by atoms with van der Waals surface area (Å²) < 4.78 is 1.85. The molecule has 3 aliphatic rings. The third-order valence-electron chi connectivity index (χ3n) is 5.94. The van der Waals surface area contributed by atoms with E-state index in [-0.39, 0.29) is 23.9 Å². The topological polar surface area (TPSA) is 80.0 Å². The Kier molecular flexibility index (Phi) is 3.90. The van der Waals surface area contributed by atoms with Gasteiger partial charge in [-0.1, -0.05) is 18.1 Å². The number of hydrogen-bond acceptors (Lipinski definition) is 4. The van der Waals surface area contributed by atoms with Gasteiger partial charge in [0.25, 0.3) is 0 Å². The van der Waals surface area contributed by atoms with Crippen LogP contribution in [0.5, 0.6) is 0 Å². The highest BCUT2D eigenvalue weighted by molar-refractivity contribution is 5.82. The Labute approximate surface area is 143 Å². The molecular weight excluding hydrogens is 304 g/mol. The van der Waals surface area contributed by atoms with Gasteiger partial charge in [-0.05, 0) is 57.8 Å². The van der Waals surface area contributed by atoms with Crippen LogP contribution in [-0.4, -0.2) is 32.0 Å². The average Bonchev–Trinajstić information content (AvgIpc) is 3.42. The van der Waals surface area contributed by atoms with Crippen LogP contribution in [0, 0.1) is 17.8 Å². The SMILES string of the molecule is CC(C)(O)c1cn([C@@H]2CCCC[C@@H]2NC(=O)[C@H]2C[C@H]2C2CC2)nn1. The van der Waals surface area contributed by atoms with E-state index in [1.165, 1.54) is 12.8 Å². The number of aromatic nitrogens is 3. The number of aliphatic hydroxyl groups is 1. The quantitative estimate of drug-likeness (QED) is 0.866. The van der Waals surface area contributed by atoms with Crippen LogP contribution in [0.4, 0.5) is 0 Å². The molecule has 1 aromatic rings. The Morgan fingerprint density at radius 2 is 2.04 bits per heavy atom. The molecule has 1 aromatic heterocycles. The summed E-state index contributed by atoms with van der Waals surface area (Å²) in [5.74, 6) is 1.97.